The van der Waals surface area contributed by atoms with Gasteiger partial charge in [0.25, 0.3) is 0 Å². The SMILES string of the molecule is CCC/C=C/CCCCCCc1cccc(OCC2CO2)c1. The Hall–Kier alpha value is -1.28. The highest BCUT2D eigenvalue weighted by atomic mass is 16.6. The first kappa shape index (κ1) is 17.1. The van der Waals surface area contributed by atoms with Crippen molar-refractivity contribution in [3.05, 3.63) is 42.0 Å². The second-order valence-electron chi connectivity index (χ2n) is 6.13. The first-order valence-electron chi connectivity index (χ1n) is 8.87. The maximum absolute atomic E-state index is 5.73. The lowest BCUT2D eigenvalue weighted by atomic mass is 10.1. The van der Waals surface area contributed by atoms with Gasteiger partial charge in [0.15, 0.2) is 0 Å². The van der Waals surface area contributed by atoms with E-state index in [1.165, 1.54) is 50.5 Å². The van der Waals surface area contributed by atoms with Gasteiger partial charge in [-0.3, -0.25) is 0 Å². The Bertz CT molecular complexity index is 435. The topological polar surface area (TPSA) is 21.8 Å². The third-order valence-corrected chi connectivity index (χ3v) is 3.94. The second-order valence-corrected chi connectivity index (χ2v) is 6.13. The maximum Gasteiger partial charge on any atom is 0.119 e. The molecule has 1 aromatic rings. The van der Waals surface area contributed by atoms with Crippen LogP contribution in [0.5, 0.6) is 5.75 Å². The van der Waals surface area contributed by atoms with Crippen molar-refractivity contribution in [2.75, 3.05) is 13.2 Å². The molecular formula is C20H30O2. The van der Waals surface area contributed by atoms with Gasteiger partial charge in [0.1, 0.15) is 18.5 Å². The molecule has 2 nitrogen and oxygen atoms in total. The van der Waals surface area contributed by atoms with Gasteiger partial charge in [-0.05, 0) is 49.8 Å². The smallest absolute Gasteiger partial charge is 0.119 e. The quantitative estimate of drug-likeness (QED) is 0.296. The molecule has 22 heavy (non-hydrogen) atoms. The van der Waals surface area contributed by atoms with Crippen molar-refractivity contribution in [1.82, 2.24) is 0 Å². The molecule has 1 heterocycles. The first-order chi connectivity index (χ1) is 10.9. The van der Waals surface area contributed by atoms with Gasteiger partial charge in [-0.1, -0.05) is 50.5 Å². The highest BCUT2D eigenvalue weighted by Gasteiger charge is 2.22. The summed E-state index contributed by atoms with van der Waals surface area (Å²) in [6.45, 7) is 3.77. The molecule has 1 unspecified atom stereocenters. The second kappa shape index (κ2) is 10.4. The van der Waals surface area contributed by atoms with Crippen LogP contribution in [0.4, 0.5) is 0 Å². The highest BCUT2D eigenvalue weighted by Crippen LogP contribution is 2.18. The van der Waals surface area contributed by atoms with Gasteiger partial charge < -0.3 is 9.47 Å². The lowest BCUT2D eigenvalue weighted by molar-refractivity contribution is 0.263. The molecule has 1 saturated heterocycles. The molecule has 1 aromatic carbocycles. The number of epoxide rings is 1. The molecule has 0 saturated carbocycles. The normalized spacial score (nSPS) is 17.0. The minimum Gasteiger partial charge on any atom is -0.491 e. The van der Waals surface area contributed by atoms with E-state index in [0.717, 1.165) is 18.8 Å². The summed E-state index contributed by atoms with van der Waals surface area (Å²) in [6, 6.07) is 8.51. The number of hydrogen-bond donors (Lipinski definition) is 0. The Labute approximate surface area is 135 Å². The van der Waals surface area contributed by atoms with Crippen LogP contribution in [-0.2, 0) is 11.2 Å². The summed E-state index contributed by atoms with van der Waals surface area (Å²) < 4.78 is 10.9. The zero-order valence-electron chi connectivity index (χ0n) is 13.9. The molecule has 1 aliphatic rings. The van der Waals surface area contributed by atoms with Crippen LogP contribution in [-0.4, -0.2) is 19.3 Å². The van der Waals surface area contributed by atoms with Gasteiger partial charge in [0.2, 0.25) is 0 Å². The van der Waals surface area contributed by atoms with Gasteiger partial charge in [0.05, 0.1) is 6.61 Å². The Morgan fingerprint density at radius 3 is 2.77 bits per heavy atom. The van der Waals surface area contributed by atoms with E-state index >= 15 is 0 Å². The lowest BCUT2D eigenvalue weighted by Crippen LogP contribution is -2.04. The number of hydrogen-bond acceptors (Lipinski definition) is 2. The molecule has 122 valence electrons. The zero-order valence-corrected chi connectivity index (χ0v) is 13.9. The largest absolute Gasteiger partial charge is 0.491 e. The molecule has 2 rings (SSSR count). The molecule has 0 N–H and O–H groups in total. The summed E-state index contributed by atoms with van der Waals surface area (Å²) >= 11 is 0. The van der Waals surface area contributed by atoms with Crippen LogP contribution >= 0.6 is 0 Å². The molecule has 0 amide bonds. The van der Waals surface area contributed by atoms with Crippen molar-refractivity contribution >= 4 is 0 Å². The summed E-state index contributed by atoms with van der Waals surface area (Å²) in [4.78, 5) is 0. The summed E-state index contributed by atoms with van der Waals surface area (Å²) in [5.74, 6) is 0.981. The fourth-order valence-corrected chi connectivity index (χ4v) is 2.49. The minimum absolute atomic E-state index is 0.329. The van der Waals surface area contributed by atoms with Crippen molar-refractivity contribution in [2.45, 2.75) is 64.4 Å². The third kappa shape index (κ3) is 7.65. The standard InChI is InChI=1S/C20H30O2/c1-2-3-4-5-6-7-8-9-10-12-18-13-11-14-19(15-18)21-16-20-17-22-20/h4-5,11,13-15,20H,2-3,6-10,12,16-17H2,1H3/b5-4+. The number of rotatable bonds is 12. The Morgan fingerprint density at radius 2 is 1.95 bits per heavy atom. The van der Waals surface area contributed by atoms with Crippen LogP contribution in [0.3, 0.4) is 0 Å². The monoisotopic (exact) mass is 302 g/mol. The Balaban J connectivity index is 1.53. The predicted molar refractivity (Wildman–Crippen MR) is 92.5 cm³/mol. The summed E-state index contributed by atoms with van der Waals surface area (Å²) in [5.41, 5.74) is 1.39. The third-order valence-electron chi connectivity index (χ3n) is 3.94. The average Bonchev–Trinajstić information content (AvgIpc) is 3.36. The van der Waals surface area contributed by atoms with E-state index in [2.05, 4.69) is 37.3 Å². The number of ether oxygens (including phenoxy) is 2. The number of allylic oxidation sites excluding steroid dienone is 2. The molecule has 1 atom stereocenters. The van der Waals surface area contributed by atoms with Gasteiger partial charge in [0, 0.05) is 0 Å². The van der Waals surface area contributed by atoms with E-state index in [4.69, 9.17) is 9.47 Å². The van der Waals surface area contributed by atoms with Crippen LogP contribution in [0.15, 0.2) is 36.4 Å². The molecule has 0 aromatic heterocycles. The van der Waals surface area contributed by atoms with Crippen molar-refractivity contribution in [3.63, 3.8) is 0 Å². The van der Waals surface area contributed by atoms with E-state index in [-0.39, 0.29) is 0 Å². The number of aryl methyl sites for hydroxylation is 1. The average molecular weight is 302 g/mol. The first-order valence-corrected chi connectivity index (χ1v) is 8.87. The zero-order chi connectivity index (χ0) is 15.5. The van der Waals surface area contributed by atoms with Crippen molar-refractivity contribution < 1.29 is 9.47 Å². The number of unbranched alkanes of at least 4 members (excludes halogenated alkanes) is 5. The summed E-state index contributed by atoms with van der Waals surface area (Å²) in [5, 5.41) is 0. The molecule has 0 radical (unpaired) electrons. The van der Waals surface area contributed by atoms with Gasteiger partial charge in [-0.25, -0.2) is 0 Å². The maximum atomic E-state index is 5.73. The van der Waals surface area contributed by atoms with Crippen LogP contribution in [0, 0.1) is 0 Å². The Kier molecular flexibility index (Phi) is 8.11. The van der Waals surface area contributed by atoms with Crippen LogP contribution in [0.1, 0.15) is 57.4 Å². The lowest BCUT2D eigenvalue weighted by Gasteiger charge is -2.07. The number of benzene rings is 1. The van der Waals surface area contributed by atoms with Crippen molar-refractivity contribution in [3.8, 4) is 5.75 Å². The summed E-state index contributed by atoms with van der Waals surface area (Å²) in [6.07, 6.45) is 15.1. The molecule has 2 heteroatoms. The minimum atomic E-state index is 0.329. The van der Waals surface area contributed by atoms with Crippen molar-refractivity contribution in [2.24, 2.45) is 0 Å². The van der Waals surface area contributed by atoms with E-state index < -0.39 is 0 Å². The fourth-order valence-electron chi connectivity index (χ4n) is 2.49. The highest BCUT2D eigenvalue weighted by molar-refractivity contribution is 5.28. The molecular weight excluding hydrogens is 272 g/mol. The van der Waals surface area contributed by atoms with E-state index in [9.17, 15) is 0 Å². The molecule has 0 bridgehead atoms. The van der Waals surface area contributed by atoms with E-state index in [0.29, 0.717) is 12.7 Å². The van der Waals surface area contributed by atoms with Gasteiger partial charge in [-0.15, -0.1) is 0 Å². The molecule has 0 aliphatic carbocycles. The molecule has 1 aliphatic heterocycles. The van der Waals surface area contributed by atoms with Gasteiger partial charge in [-0.2, -0.15) is 0 Å². The predicted octanol–water partition coefficient (Wildman–Crippen LogP) is 5.31. The fraction of sp³-hybridized carbons (Fsp3) is 0.600. The van der Waals surface area contributed by atoms with Gasteiger partial charge >= 0.3 is 0 Å². The summed E-state index contributed by atoms with van der Waals surface area (Å²) in [7, 11) is 0. The van der Waals surface area contributed by atoms with E-state index in [1.54, 1.807) is 0 Å². The Morgan fingerprint density at radius 1 is 1.14 bits per heavy atom. The van der Waals surface area contributed by atoms with Crippen LogP contribution < -0.4 is 4.74 Å². The van der Waals surface area contributed by atoms with Crippen molar-refractivity contribution in [1.29, 1.82) is 0 Å². The molecule has 0 spiro atoms. The molecule has 1 fully saturated rings. The van der Waals surface area contributed by atoms with Crippen LogP contribution in [0.2, 0.25) is 0 Å². The van der Waals surface area contributed by atoms with Crippen LogP contribution in [0.25, 0.3) is 0 Å². The van der Waals surface area contributed by atoms with E-state index in [1.807, 2.05) is 6.07 Å².